The van der Waals surface area contributed by atoms with Crippen LogP contribution in [-0.2, 0) is 4.74 Å². The van der Waals surface area contributed by atoms with Gasteiger partial charge in [-0.15, -0.1) is 0 Å². The van der Waals surface area contributed by atoms with Crippen LogP contribution < -0.4 is 0 Å². The maximum Gasteiger partial charge on any atom is 0.176 e. The Morgan fingerprint density at radius 1 is 1.57 bits per heavy atom. The largest absolute Gasteiger partial charge is 0.456 e. The molecule has 2 nitrogen and oxygen atoms in total. The lowest BCUT2D eigenvalue weighted by Crippen LogP contribution is -1.91. The van der Waals surface area contributed by atoms with Crippen LogP contribution in [-0.4, -0.2) is 13.2 Å². The third kappa shape index (κ3) is 4.54. The zero-order valence-corrected chi connectivity index (χ0v) is 8.54. The first kappa shape index (κ1) is 10.6. The Labute approximate surface area is 84.6 Å². The van der Waals surface area contributed by atoms with Crippen molar-refractivity contribution in [2.24, 2.45) is 0 Å². The summed E-state index contributed by atoms with van der Waals surface area (Å²) in [4.78, 5) is 0. The minimum atomic E-state index is 0.435. The fourth-order valence-electron chi connectivity index (χ4n) is 0.808. The van der Waals surface area contributed by atoms with E-state index in [4.69, 9.17) is 9.15 Å². The highest BCUT2D eigenvalue weighted by Gasteiger charge is 1.85. The lowest BCUT2D eigenvalue weighted by Gasteiger charge is -1.93. The Morgan fingerprint density at radius 3 is 3.07 bits per heavy atom. The molecular formula is C12H14O2. The van der Waals surface area contributed by atoms with E-state index in [0.717, 1.165) is 0 Å². The zero-order valence-electron chi connectivity index (χ0n) is 8.54. The van der Waals surface area contributed by atoms with E-state index in [2.05, 4.69) is 11.8 Å². The van der Waals surface area contributed by atoms with Crippen LogP contribution in [0.4, 0.5) is 0 Å². The van der Waals surface area contributed by atoms with Crippen LogP contribution in [0.1, 0.15) is 19.6 Å². The van der Waals surface area contributed by atoms with Crippen LogP contribution in [0.15, 0.2) is 34.5 Å². The number of allylic oxidation sites excluding steroid dienone is 1. The van der Waals surface area contributed by atoms with E-state index in [1.54, 1.807) is 6.26 Å². The molecule has 74 valence electrons. The quantitative estimate of drug-likeness (QED) is 0.415. The highest BCUT2D eigenvalue weighted by molar-refractivity contribution is 5.24. The van der Waals surface area contributed by atoms with Gasteiger partial charge in [-0.05, 0) is 31.9 Å². The molecule has 0 saturated carbocycles. The zero-order chi connectivity index (χ0) is 10.2. The Hall–Kier alpha value is -1.46. The molecule has 1 aromatic heterocycles. The molecule has 1 rings (SSSR count). The summed E-state index contributed by atoms with van der Waals surface area (Å²) in [5.74, 6) is 6.39. The molecule has 0 N–H and O–H groups in total. The van der Waals surface area contributed by atoms with Crippen LogP contribution in [0.25, 0.3) is 0 Å². The minimum Gasteiger partial charge on any atom is -0.456 e. The molecule has 14 heavy (non-hydrogen) atoms. The van der Waals surface area contributed by atoms with Gasteiger partial charge >= 0.3 is 0 Å². The summed E-state index contributed by atoms with van der Waals surface area (Å²) < 4.78 is 10.3. The van der Waals surface area contributed by atoms with Crippen LogP contribution in [0.5, 0.6) is 0 Å². The topological polar surface area (TPSA) is 22.4 Å². The Kier molecular flexibility index (Phi) is 4.60. The Balaban J connectivity index is 2.18. The number of furan rings is 1. The van der Waals surface area contributed by atoms with Crippen LogP contribution in [0, 0.1) is 11.8 Å². The van der Waals surface area contributed by atoms with Gasteiger partial charge in [0, 0.05) is 0 Å². The maximum absolute atomic E-state index is 5.25. The van der Waals surface area contributed by atoms with E-state index in [1.165, 1.54) is 5.57 Å². The standard InChI is InChI=1S/C12H14O2/c1-11(2)7-10-13-8-3-5-12-6-4-9-14-12/h4,6-7,9H,8,10H2,1-2H3. The maximum atomic E-state index is 5.25. The van der Waals surface area contributed by atoms with Crippen molar-refractivity contribution < 1.29 is 9.15 Å². The molecule has 0 radical (unpaired) electrons. The number of hydrogen-bond donors (Lipinski definition) is 0. The smallest absolute Gasteiger partial charge is 0.176 e. The second-order valence-corrected chi connectivity index (χ2v) is 3.08. The monoisotopic (exact) mass is 190 g/mol. The second kappa shape index (κ2) is 6.06. The van der Waals surface area contributed by atoms with E-state index in [0.29, 0.717) is 19.0 Å². The van der Waals surface area contributed by atoms with E-state index in [1.807, 2.05) is 32.1 Å². The fourth-order valence-corrected chi connectivity index (χ4v) is 0.808. The van der Waals surface area contributed by atoms with Gasteiger partial charge in [-0.3, -0.25) is 0 Å². The van der Waals surface area contributed by atoms with Crippen LogP contribution in [0.3, 0.4) is 0 Å². The first-order chi connectivity index (χ1) is 6.79. The molecule has 1 heterocycles. The highest BCUT2D eigenvalue weighted by Crippen LogP contribution is 1.95. The van der Waals surface area contributed by atoms with Gasteiger partial charge in [0.2, 0.25) is 0 Å². The summed E-state index contributed by atoms with van der Waals surface area (Å²) in [5, 5.41) is 0. The lowest BCUT2D eigenvalue weighted by molar-refractivity contribution is 0.198. The van der Waals surface area contributed by atoms with E-state index in [9.17, 15) is 0 Å². The van der Waals surface area contributed by atoms with Crippen molar-refractivity contribution in [1.82, 2.24) is 0 Å². The molecule has 0 bridgehead atoms. The summed E-state index contributed by atoms with van der Waals surface area (Å²) in [6.07, 6.45) is 3.63. The van der Waals surface area contributed by atoms with Crippen molar-refractivity contribution in [3.05, 3.63) is 35.8 Å². The van der Waals surface area contributed by atoms with Crippen molar-refractivity contribution in [3.63, 3.8) is 0 Å². The molecule has 0 fully saturated rings. The van der Waals surface area contributed by atoms with E-state index < -0.39 is 0 Å². The third-order valence-corrected chi connectivity index (χ3v) is 1.52. The molecule has 0 amide bonds. The molecule has 1 aromatic rings. The van der Waals surface area contributed by atoms with Crippen molar-refractivity contribution in [3.8, 4) is 11.8 Å². The fraction of sp³-hybridized carbons (Fsp3) is 0.333. The molecule has 0 aliphatic carbocycles. The molecule has 0 saturated heterocycles. The van der Waals surface area contributed by atoms with Crippen molar-refractivity contribution >= 4 is 0 Å². The highest BCUT2D eigenvalue weighted by atomic mass is 16.5. The third-order valence-electron chi connectivity index (χ3n) is 1.52. The SMILES string of the molecule is CC(C)=CCOCC#Cc1ccco1. The summed E-state index contributed by atoms with van der Waals surface area (Å²) in [6, 6.07) is 3.64. The summed E-state index contributed by atoms with van der Waals surface area (Å²) in [7, 11) is 0. The molecule has 0 atom stereocenters. The van der Waals surface area contributed by atoms with Crippen LogP contribution in [0.2, 0.25) is 0 Å². The van der Waals surface area contributed by atoms with Gasteiger partial charge in [0.15, 0.2) is 5.76 Å². The van der Waals surface area contributed by atoms with Gasteiger partial charge < -0.3 is 9.15 Å². The molecule has 0 unspecified atom stereocenters. The predicted octanol–water partition coefficient (Wildman–Crippen LogP) is 2.61. The summed E-state index contributed by atoms with van der Waals surface area (Å²) in [6.45, 7) is 5.13. The van der Waals surface area contributed by atoms with Gasteiger partial charge in [0.05, 0.1) is 12.9 Å². The van der Waals surface area contributed by atoms with Crippen molar-refractivity contribution in [1.29, 1.82) is 0 Å². The molecule has 0 aliphatic rings. The molecule has 2 heteroatoms. The molecular weight excluding hydrogens is 176 g/mol. The van der Waals surface area contributed by atoms with Crippen LogP contribution >= 0.6 is 0 Å². The Bertz CT molecular complexity index is 332. The lowest BCUT2D eigenvalue weighted by atomic mass is 10.3. The molecule has 0 aliphatic heterocycles. The Morgan fingerprint density at radius 2 is 2.43 bits per heavy atom. The van der Waals surface area contributed by atoms with E-state index >= 15 is 0 Å². The number of rotatable bonds is 3. The minimum absolute atomic E-state index is 0.435. The van der Waals surface area contributed by atoms with Crippen molar-refractivity contribution in [2.75, 3.05) is 13.2 Å². The van der Waals surface area contributed by atoms with Gasteiger partial charge in [-0.25, -0.2) is 0 Å². The van der Waals surface area contributed by atoms with Gasteiger partial charge in [-0.1, -0.05) is 17.6 Å². The summed E-state index contributed by atoms with van der Waals surface area (Å²) >= 11 is 0. The van der Waals surface area contributed by atoms with Gasteiger partial charge in [0.1, 0.15) is 6.61 Å². The molecule has 0 spiro atoms. The predicted molar refractivity (Wildman–Crippen MR) is 55.8 cm³/mol. The summed E-state index contributed by atoms with van der Waals surface area (Å²) in [5.41, 5.74) is 1.25. The average molecular weight is 190 g/mol. The average Bonchev–Trinajstić information content (AvgIpc) is 2.63. The van der Waals surface area contributed by atoms with Crippen molar-refractivity contribution in [2.45, 2.75) is 13.8 Å². The van der Waals surface area contributed by atoms with E-state index in [-0.39, 0.29) is 0 Å². The normalized spacial score (nSPS) is 9.00. The second-order valence-electron chi connectivity index (χ2n) is 3.08. The number of ether oxygens (including phenoxy) is 1. The van der Waals surface area contributed by atoms with Gasteiger partial charge in [0.25, 0.3) is 0 Å². The van der Waals surface area contributed by atoms with Gasteiger partial charge in [-0.2, -0.15) is 0 Å². The first-order valence-corrected chi connectivity index (χ1v) is 4.52. The number of hydrogen-bond acceptors (Lipinski definition) is 2. The molecule has 0 aromatic carbocycles. The first-order valence-electron chi connectivity index (χ1n) is 4.52.